The molecule has 148 valence electrons. The van der Waals surface area contributed by atoms with Crippen LogP contribution in [-0.2, 0) is 6.18 Å². The molecular formula is C18H9BrClF3N4O2. The summed E-state index contributed by atoms with van der Waals surface area (Å²) in [7, 11) is 0. The highest BCUT2D eigenvalue weighted by molar-refractivity contribution is 9.10. The predicted octanol–water partition coefficient (Wildman–Crippen LogP) is 5.18. The second-order valence-corrected chi connectivity index (χ2v) is 7.38. The lowest BCUT2D eigenvalue weighted by Crippen LogP contribution is -2.09. The summed E-state index contributed by atoms with van der Waals surface area (Å²) in [6.07, 6.45) is -3.38. The number of alkyl halides is 3. The van der Waals surface area contributed by atoms with Gasteiger partial charge in [0.1, 0.15) is 5.69 Å². The minimum Gasteiger partial charge on any atom is -0.401 e. The molecule has 0 aliphatic carbocycles. The SMILES string of the molecule is Cc1cc(Br)cc2c(=O)oc(-c3cc(C(F)(F)F)nn3-c3ncccc3Cl)nc12. The first kappa shape index (κ1) is 19.6. The zero-order chi connectivity index (χ0) is 20.9. The van der Waals surface area contributed by atoms with Crippen molar-refractivity contribution in [3.8, 4) is 17.4 Å². The Kier molecular flexibility index (Phi) is 4.70. The van der Waals surface area contributed by atoms with Gasteiger partial charge in [-0.25, -0.2) is 19.4 Å². The van der Waals surface area contributed by atoms with Gasteiger partial charge in [0, 0.05) is 16.7 Å². The standard InChI is InChI=1S/C18H9BrClF3N4O2/c1-8-5-9(19)6-10-14(8)25-16(29-17(10)28)12-7-13(18(21,22)23)26-27(12)15-11(20)3-2-4-24-15/h2-7H,1H3. The van der Waals surface area contributed by atoms with E-state index in [2.05, 4.69) is 31.0 Å². The second-order valence-electron chi connectivity index (χ2n) is 6.06. The summed E-state index contributed by atoms with van der Waals surface area (Å²) in [5.74, 6) is -0.394. The molecule has 0 spiro atoms. The molecule has 0 atom stereocenters. The number of nitrogens with zero attached hydrogens (tertiary/aromatic N) is 4. The van der Waals surface area contributed by atoms with E-state index in [4.69, 9.17) is 16.0 Å². The molecule has 0 bridgehead atoms. The highest BCUT2D eigenvalue weighted by atomic mass is 79.9. The molecule has 4 rings (SSSR count). The van der Waals surface area contributed by atoms with Crippen LogP contribution in [0.1, 0.15) is 11.3 Å². The van der Waals surface area contributed by atoms with Gasteiger partial charge in [0.15, 0.2) is 11.5 Å². The molecular weight excluding hydrogens is 477 g/mol. The average Bonchev–Trinajstić information content (AvgIpc) is 3.08. The van der Waals surface area contributed by atoms with E-state index < -0.39 is 17.5 Å². The number of halogens is 5. The lowest BCUT2D eigenvalue weighted by Gasteiger charge is -2.08. The maximum Gasteiger partial charge on any atom is 0.435 e. The molecule has 1 aromatic carbocycles. The van der Waals surface area contributed by atoms with Crippen LogP contribution < -0.4 is 5.63 Å². The van der Waals surface area contributed by atoms with Crippen LogP contribution in [0.5, 0.6) is 0 Å². The van der Waals surface area contributed by atoms with Crippen molar-refractivity contribution in [2.45, 2.75) is 13.1 Å². The van der Waals surface area contributed by atoms with Gasteiger partial charge in [-0.2, -0.15) is 18.3 Å². The summed E-state index contributed by atoms with van der Waals surface area (Å²) in [5.41, 5.74) is -1.22. The van der Waals surface area contributed by atoms with Crippen LogP contribution in [-0.4, -0.2) is 19.7 Å². The fraction of sp³-hybridized carbons (Fsp3) is 0.111. The second kappa shape index (κ2) is 6.96. The summed E-state index contributed by atoms with van der Waals surface area (Å²) in [5, 5.41) is 3.83. The van der Waals surface area contributed by atoms with Crippen molar-refractivity contribution >= 4 is 38.4 Å². The summed E-state index contributed by atoms with van der Waals surface area (Å²) < 4.78 is 46.7. The van der Waals surface area contributed by atoms with Crippen LogP contribution in [0.3, 0.4) is 0 Å². The van der Waals surface area contributed by atoms with E-state index in [0.717, 1.165) is 10.7 Å². The molecule has 0 N–H and O–H groups in total. The van der Waals surface area contributed by atoms with E-state index in [1.165, 1.54) is 24.4 Å². The molecule has 3 heterocycles. The van der Waals surface area contributed by atoms with Gasteiger partial charge in [-0.1, -0.05) is 27.5 Å². The fourth-order valence-corrected chi connectivity index (χ4v) is 3.56. The third kappa shape index (κ3) is 3.53. The molecule has 0 fully saturated rings. The maximum atomic E-state index is 13.3. The monoisotopic (exact) mass is 484 g/mol. The fourth-order valence-electron chi connectivity index (χ4n) is 2.78. The third-order valence-electron chi connectivity index (χ3n) is 4.05. The summed E-state index contributed by atoms with van der Waals surface area (Å²) >= 11 is 9.37. The van der Waals surface area contributed by atoms with Crippen molar-refractivity contribution in [2.24, 2.45) is 0 Å². The Hall–Kier alpha value is -2.72. The topological polar surface area (TPSA) is 73.8 Å². The van der Waals surface area contributed by atoms with Crippen LogP contribution in [0, 0.1) is 6.92 Å². The molecule has 29 heavy (non-hydrogen) atoms. The van der Waals surface area contributed by atoms with E-state index >= 15 is 0 Å². The number of fused-ring (bicyclic) bond motifs is 1. The third-order valence-corrected chi connectivity index (χ3v) is 4.80. The van der Waals surface area contributed by atoms with Crippen molar-refractivity contribution in [1.82, 2.24) is 19.7 Å². The molecule has 0 aliphatic rings. The quantitative estimate of drug-likeness (QED) is 0.391. The number of hydrogen-bond acceptors (Lipinski definition) is 5. The van der Waals surface area contributed by atoms with Gasteiger partial charge in [-0.15, -0.1) is 0 Å². The molecule has 11 heteroatoms. The molecule has 4 aromatic rings. The Labute approximate surface area is 174 Å². The molecule has 0 aliphatic heterocycles. The predicted molar refractivity (Wildman–Crippen MR) is 103 cm³/mol. The van der Waals surface area contributed by atoms with Crippen LogP contribution >= 0.6 is 27.5 Å². The van der Waals surface area contributed by atoms with E-state index in [0.29, 0.717) is 15.6 Å². The van der Waals surface area contributed by atoms with Gasteiger partial charge in [0.25, 0.3) is 0 Å². The normalized spacial score (nSPS) is 11.9. The van der Waals surface area contributed by atoms with E-state index in [9.17, 15) is 18.0 Å². The Morgan fingerprint density at radius 1 is 1.24 bits per heavy atom. The van der Waals surface area contributed by atoms with Gasteiger partial charge >= 0.3 is 11.8 Å². The van der Waals surface area contributed by atoms with Crippen molar-refractivity contribution in [3.05, 3.63) is 67.7 Å². The molecule has 0 amide bonds. The zero-order valence-electron chi connectivity index (χ0n) is 14.5. The molecule has 0 unspecified atom stereocenters. The molecule has 0 saturated heterocycles. The smallest absolute Gasteiger partial charge is 0.401 e. The Morgan fingerprint density at radius 2 is 2.00 bits per heavy atom. The largest absolute Gasteiger partial charge is 0.435 e. The van der Waals surface area contributed by atoms with Gasteiger partial charge in [0.05, 0.1) is 15.9 Å². The Balaban J connectivity index is 2.04. The number of aromatic nitrogens is 4. The number of rotatable bonds is 2. The summed E-state index contributed by atoms with van der Waals surface area (Å²) in [6, 6.07) is 6.96. The molecule has 0 radical (unpaired) electrons. The van der Waals surface area contributed by atoms with Gasteiger partial charge < -0.3 is 4.42 Å². The lowest BCUT2D eigenvalue weighted by molar-refractivity contribution is -0.141. The Bertz CT molecular complexity index is 1320. The molecule has 6 nitrogen and oxygen atoms in total. The van der Waals surface area contributed by atoms with Crippen LogP contribution in [0.25, 0.3) is 28.3 Å². The first-order valence-corrected chi connectivity index (χ1v) is 9.22. The van der Waals surface area contributed by atoms with Crippen LogP contribution in [0.15, 0.2) is 50.2 Å². The van der Waals surface area contributed by atoms with Crippen molar-refractivity contribution in [1.29, 1.82) is 0 Å². The minimum absolute atomic E-state index is 0.0586. The lowest BCUT2D eigenvalue weighted by atomic mass is 10.1. The minimum atomic E-state index is -4.74. The highest BCUT2D eigenvalue weighted by Gasteiger charge is 2.36. The number of aryl methyl sites for hydroxylation is 1. The Morgan fingerprint density at radius 3 is 2.69 bits per heavy atom. The zero-order valence-corrected chi connectivity index (χ0v) is 16.8. The van der Waals surface area contributed by atoms with Gasteiger partial charge in [0.2, 0.25) is 5.89 Å². The maximum absolute atomic E-state index is 13.3. The van der Waals surface area contributed by atoms with Gasteiger partial charge in [-0.05, 0) is 36.8 Å². The summed E-state index contributed by atoms with van der Waals surface area (Å²) in [4.78, 5) is 20.7. The molecule has 0 saturated carbocycles. The highest BCUT2D eigenvalue weighted by Crippen LogP contribution is 2.34. The number of pyridine rings is 1. The van der Waals surface area contributed by atoms with Crippen LogP contribution in [0.2, 0.25) is 5.02 Å². The van der Waals surface area contributed by atoms with E-state index in [1.807, 2.05) is 0 Å². The van der Waals surface area contributed by atoms with Crippen molar-refractivity contribution < 1.29 is 17.6 Å². The average molecular weight is 486 g/mol. The summed E-state index contributed by atoms with van der Waals surface area (Å²) in [6.45, 7) is 1.72. The number of benzene rings is 1. The first-order chi connectivity index (χ1) is 13.6. The van der Waals surface area contributed by atoms with E-state index in [1.54, 1.807) is 13.0 Å². The van der Waals surface area contributed by atoms with E-state index in [-0.39, 0.29) is 27.8 Å². The molecule has 3 aromatic heterocycles. The van der Waals surface area contributed by atoms with Crippen molar-refractivity contribution in [3.63, 3.8) is 0 Å². The first-order valence-electron chi connectivity index (χ1n) is 8.04. The van der Waals surface area contributed by atoms with Crippen molar-refractivity contribution in [2.75, 3.05) is 0 Å². The van der Waals surface area contributed by atoms with Gasteiger partial charge in [-0.3, -0.25) is 0 Å². The number of hydrogen-bond donors (Lipinski definition) is 0. The van der Waals surface area contributed by atoms with Crippen LogP contribution in [0.4, 0.5) is 13.2 Å².